The topological polar surface area (TPSA) is 164 Å². The maximum absolute atomic E-state index is 13.5. The SMILES string of the molecule is CCCCCCCCCCCCCCCCCC[SiH](O)O[Si]1(CCCCl)OC(C(C)O)C2O[Si](CCCCCCCCCCCCCCCCCC)(O[SiH](CCCCCCCCCCCCCCCCCC)O[Si]3(CCCCl)OC(C(C)O[Si](O)(CCCCCCCCCCCCCCCCCC)O3)C2O)O1. The molecule has 3 heterocycles. The molecule has 3 aliphatic heterocycles. The Morgan fingerprint density at radius 1 is 0.364 bits per heavy atom. The molecule has 4 bridgehead atoms. The van der Waals surface area contributed by atoms with E-state index in [0.717, 1.165) is 89.9 Å². The highest BCUT2D eigenvalue weighted by molar-refractivity contribution is 6.83. The molecule has 13 nitrogen and oxygen atoms in total. The highest BCUT2D eigenvalue weighted by atomic mass is 35.5. The quantitative estimate of drug-likeness (QED) is 0.0259. The lowest BCUT2D eigenvalue weighted by atomic mass is 9.97. The molecule has 0 aromatic heterocycles. The molecular formula is C86H178Cl2O13Si6. The zero-order chi connectivity index (χ0) is 77.3. The molecule has 3 fully saturated rings. The zero-order valence-corrected chi connectivity index (χ0v) is 79.0. The third kappa shape index (κ3) is 51.3. The number of aliphatic hydroxyl groups excluding tert-OH is 2. The fraction of sp³-hybridized carbons (Fsp3) is 1.00. The molecule has 3 saturated heterocycles. The average molecular weight is 1660 g/mol. The molecule has 0 saturated carbocycles. The lowest BCUT2D eigenvalue weighted by Crippen LogP contribution is -2.65. The molecule has 0 aromatic rings. The lowest BCUT2D eigenvalue weighted by Gasteiger charge is -2.44. The van der Waals surface area contributed by atoms with Crippen LogP contribution in [0.2, 0.25) is 36.3 Å². The van der Waals surface area contributed by atoms with Gasteiger partial charge in [0.2, 0.25) is 0 Å². The van der Waals surface area contributed by atoms with E-state index in [2.05, 4.69) is 27.7 Å². The van der Waals surface area contributed by atoms with Gasteiger partial charge in [0, 0.05) is 35.9 Å². The first-order valence-electron chi connectivity index (χ1n) is 47.3. The molecule has 0 aliphatic carbocycles. The summed E-state index contributed by atoms with van der Waals surface area (Å²) in [4.78, 5) is 25.5. The zero-order valence-electron chi connectivity index (χ0n) is 71.2. The minimum atomic E-state index is -4.16. The Hall–Kier alpha value is 1.36. The predicted molar refractivity (Wildman–Crippen MR) is 468 cm³/mol. The summed E-state index contributed by atoms with van der Waals surface area (Å²) >= 11 is 13.4. The van der Waals surface area contributed by atoms with Gasteiger partial charge in [0.1, 0.15) is 24.4 Å². The molecule has 3 rings (SSSR count). The summed E-state index contributed by atoms with van der Waals surface area (Å²) in [6.07, 6.45) is 74.3. The Morgan fingerprint density at radius 3 is 1.00 bits per heavy atom. The number of rotatable bonds is 77. The van der Waals surface area contributed by atoms with Gasteiger partial charge < -0.3 is 58.1 Å². The van der Waals surface area contributed by atoms with Crippen LogP contribution in [-0.4, -0.2) is 122 Å². The second-order valence-corrected chi connectivity index (χ2v) is 50.5. The molecule has 21 heteroatoms. The maximum atomic E-state index is 13.5. The van der Waals surface area contributed by atoms with Crippen molar-refractivity contribution in [3.8, 4) is 0 Å². The van der Waals surface area contributed by atoms with Crippen LogP contribution in [0.1, 0.15) is 465 Å². The standard InChI is InChI=1S/C86H178Cl2O13Si6/c1-7-11-15-19-23-27-31-35-39-43-47-51-55-59-63-67-75-102(91)97-105(79-71-73-87)94-84(81(5)89)86-83(90)85-82(6)93-104(92,77-69-65-61-57-53-49-45-41-37-33-29-25-21-17-13-9-3)100-106(95-85,80-72-74-88)98-103(76-68-64-60-56-52-48-44-40-36-32-28-24-20-16-12-8-2)99-107(96-86,101-105)78-70-66-62-58-54-50-46-42-38-34-30-26-22-18-14-10-4/h81-86,89-92,102-103H,7-80H2,1-6H3. The Morgan fingerprint density at radius 2 is 0.654 bits per heavy atom. The third-order valence-electron chi connectivity index (χ3n) is 23.3. The van der Waals surface area contributed by atoms with Crippen molar-refractivity contribution in [1.29, 1.82) is 0 Å². The minimum absolute atomic E-state index is 0.285. The Balaban J connectivity index is 1.95. The van der Waals surface area contributed by atoms with E-state index in [9.17, 15) is 19.8 Å². The van der Waals surface area contributed by atoms with E-state index in [-0.39, 0.29) is 6.04 Å². The molecule has 638 valence electrons. The van der Waals surface area contributed by atoms with Gasteiger partial charge in [-0.1, -0.05) is 426 Å². The Bertz CT molecular complexity index is 1940. The minimum Gasteiger partial charge on any atom is -0.413 e. The van der Waals surface area contributed by atoms with Crippen molar-refractivity contribution < 1.29 is 58.1 Å². The third-order valence-corrected chi connectivity index (χ3v) is 44.7. The van der Waals surface area contributed by atoms with E-state index in [4.69, 9.17) is 61.5 Å². The van der Waals surface area contributed by atoms with Gasteiger partial charge >= 0.3 is 53.8 Å². The summed E-state index contributed by atoms with van der Waals surface area (Å²) in [5.74, 6) is 0.632. The summed E-state index contributed by atoms with van der Waals surface area (Å²) in [7, 11) is -22.5. The van der Waals surface area contributed by atoms with Crippen molar-refractivity contribution in [3.63, 3.8) is 0 Å². The molecule has 0 spiro atoms. The summed E-state index contributed by atoms with van der Waals surface area (Å²) in [5, 5.41) is 25.7. The van der Waals surface area contributed by atoms with Crippen LogP contribution in [0.5, 0.6) is 0 Å². The first-order valence-corrected chi connectivity index (χ1v) is 59.7. The Labute approximate surface area is 680 Å². The average Bonchev–Trinajstić information content (AvgIpc) is 1.62. The van der Waals surface area contributed by atoms with Crippen LogP contribution in [-0.2, 0) is 38.3 Å². The largest absolute Gasteiger partial charge is 0.491 e. The van der Waals surface area contributed by atoms with Crippen LogP contribution in [0.4, 0.5) is 0 Å². The van der Waals surface area contributed by atoms with E-state index in [1.54, 1.807) is 6.92 Å². The molecule has 12 atom stereocenters. The summed E-state index contributed by atoms with van der Waals surface area (Å²) < 4.78 is 66.9. The summed E-state index contributed by atoms with van der Waals surface area (Å²) in [6, 6.07) is 2.49. The fourth-order valence-electron chi connectivity index (χ4n) is 16.6. The number of fused-ring (bicyclic) bond motifs is 4. The van der Waals surface area contributed by atoms with E-state index in [0.29, 0.717) is 54.8 Å². The van der Waals surface area contributed by atoms with Gasteiger partial charge in [-0.2, -0.15) is 0 Å². The monoisotopic (exact) mass is 1660 g/mol. The summed E-state index contributed by atoms with van der Waals surface area (Å²) in [6.45, 7) is 12.7. The first-order chi connectivity index (χ1) is 52.3. The van der Waals surface area contributed by atoms with Gasteiger partial charge in [-0.05, 0) is 51.6 Å². The van der Waals surface area contributed by atoms with Crippen LogP contribution < -0.4 is 0 Å². The van der Waals surface area contributed by atoms with Gasteiger partial charge in [-0.3, -0.25) is 0 Å². The Kier molecular flexibility index (Phi) is 66.4. The van der Waals surface area contributed by atoms with Gasteiger partial charge in [0.05, 0.1) is 12.2 Å². The fourth-order valence-corrected chi connectivity index (χ4v) is 41.7. The van der Waals surface area contributed by atoms with Crippen molar-refractivity contribution >= 4 is 77.0 Å². The van der Waals surface area contributed by atoms with E-state index < -0.39 is 90.4 Å². The van der Waals surface area contributed by atoms with Crippen molar-refractivity contribution in [2.75, 3.05) is 11.8 Å². The van der Waals surface area contributed by atoms with Crippen molar-refractivity contribution in [3.05, 3.63) is 0 Å². The normalized spacial score (nSPS) is 24.8. The highest BCUT2D eigenvalue weighted by Crippen LogP contribution is 2.44. The molecule has 107 heavy (non-hydrogen) atoms. The van der Waals surface area contributed by atoms with Gasteiger partial charge in [-0.25, -0.2) is 0 Å². The van der Waals surface area contributed by atoms with Gasteiger partial charge in [0.25, 0.3) is 0 Å². The van der Waals surface area contributed by atoms with Gasteiger partial charge in [0.15, 0.2) is 0 Å². The second-order valence-electron chi connectivity index (χ2n) is 33.9. The molecule has 12 unspecified atom stereocenters. The predicted octanol–water partition coefficient (Wildman–Crippen LogP) is 26.9. The lowest BCUT2D eigenvalue weighted by molar-refractivity contribution is -0.138. The van der Waals surface area contributed by atoms with E-state index in [1.165, 1.54) is 321 Å². The first kappa shape index (κ1) is 103. The van der Waals surface area contributed by atoms with Crippen molar-refractivity contribution in [1.82, 2.24) is 0 Å². The maximum Gasteiger partial charge on any atom is 0.491 e. The van der Waals surface area contributed by atoms with Crippen LogP contribution in [0, 0.1) is 0 Å². The molecule has 0 amide bonds. The highest BCUT2D eigenvalue weighted by Gasteiger charge is 2.66. The molecule has 0 radical (unpaired) electrons. The molecule has 4 N–H and O–H groups in total. The number of aliphatic hydroxyl groups is 2. The molecular weight excluding hydrogens is 1480 g/mol. The second kappa shape index (κ2) is 69.3. The van der Waals surface area contributed by atoms with Crippen molar-refractivity contribution in [2.24, 2.45) is 0 Å². The number of hydrogen-bond acceptors (Lipinski definition) is 13. The smallest absolute Gasteiger partial charge is 0.413 e. The van der Waals surface area contributed by atoms with Gasteiger partial charge in [-0.15, -0.1) is 23.2 Å². The van der Waals surface area contributed by atoms with Crippen molar-refractivity contribution in [2.45, 2.75) is 538 Å². The number of unbranched alkanes of at least 4 members (excludes halogenated alkanes) is 60. The molecule has 3 aliphatic rings. The van der Waals surface area contributed by atoms with E-state index >= 15 is 0 Å². The van der Waals surface area contributed by atoms with Crippen LogP contribution in [0.15, 0.2) is 0 Å². The van der Waals surface area contributed by atoms with Crippen LogP contribution in [0.3, 0.4) is 0 Å². The number of halogens is 2. The molecule has 0 aromatic carbocycles. The van der Waals surface area contributed by atoms with E-state index in [1.807, 2.05) is 6.92 Å². The summed E-state index contributed by atoms with van der Waals surface area (Å²) in [5.41, 5.74) is 0. The number of hydrogen-bond donors (Lipinski definition) is 4. The van der Waals surface area contributed by atoms with Crippen LogP contribution in [0.25, 0.3) is 0 Å². The number of alkyl halides is 2. The van der Waals surface area contributed by atoms with Crippen LogP contribution >= 0.6 is 23.2 Å².